The molecule has 6 nitrogen and oxygen atoms in total. The van der Waals surface area contributed by atoms with Crippen LogP contribution < -0.4 is 4.74 Å². The normalized spacial score (nSPS) is 15.6. The van der Waals surface area contributed by atoms with Crippen molar-refractivity contribution in [3.63, 3.8) is 0 Å². The lowest BCUT2D eigenvalue weighted by molar-refractivity contribution is -0.157. The van der Waals surface area contributed by atoms with Crippen LogP contribution in [0.25, 0.3) is 0 Å². The van der Waals surface area contributed by atoms with Crippen molar-refractivity contribution in [1.82, 2.24) is 15.1 Å². The molecular weight excluding hydrogens is 375 g/mol. The summed E-state index contributed by atoms with van der Waals surface area (Å²) in [6, 6.07) is 6.99. The van der Waals surface area contributed by atoms with Gasteiger partial charge >= 0.3 is 12.1 Å². The van der Waals surface area contributed by atoms with Crippen LogP contribution in [0.3, 0.4) is 0 Å². The van der Waals surface area contributed by atoms with Gasteiger partial charge in [0.2, 0.25) is 5.89 Å². The molecule has 0 atom stereocenters. The van der Waals surface area contributed by atoms with Gasteiger partial charge in [0, 0.05) is 24.6 Å². The van der Waals surface area contributed by atoms with E-state index in [1.165, 1.54) is 0 Å². The summed E-state index contributed by atoms with van der Waals surface area (Å²) in [5.41, 5.74) is 0.554. The van der Waals surface area contributed by atoms with E-state index < -0.39 is 12.1 Å². The van der Waals surface area contributed by atoms with Crippen molar-refractivity contribution >= 4 is 5.91 Å². The maximum atomic E-state index is 12.6. The lowest BCUT2D eigenvalue weighted by Gasteiger charge is -2.30. The van der Waals surface area contributed by atoms with Crippen LogP contribution in [0.4, 0.5) is 13.2 Å². The largest absolute Gasteiger partial charge is 0.494 e. The predicted octanol–water partition coefficient (Wildman–Crippen LogP) is 4.29. The molecule has 2 aromatic rings. The zero-order chi connectivity index (χ0) is 20.1. The minimum absolute atomic E-state index is 0.0204. The molecule has 1 saturated heterocycles. The number of ether oxygens (including phenoxy) is 1. The van der Waals surface area contributed by atoms with Crippen molar-refractivity contribution < 1.29 is 27.1 Å². The summed E-state index contributed by atoms with van der Waals surface area (Å²) in [5.74, 6) is -1.02. The van der Waals surface area contributed by atoms with Gasteiger partial charge in [0.25, 0.3) is 5.91 Å². The number of amides is 1. The van der Waals surface area contributed by atoms with E-state index in [-0.39, 0.29) is 17.7 Å². The lowest BCUT2D eigenvalue weighted by Crippen LogP contribution is -2.38. The molecule has 0 aliphatic carbocycles. The van der Waals surface area contributed by atoms with Crippen molar-refractivity contribution in [3.8, 4) is 5.75 Å². The molecule has 0 saturated carbocycles. The van der Waals surface area contributed by atoms with E-state index in [2.05, 4.69) is 17.1 Å². The van der Waals surface area contributed by atoms with Gasteiger partial charge in [-0.2, -0.15) is 13.2 Å². The molecule has 0 radical (unpaired) electrons. The van der Waals surface area contributed by atoms with Crippen molar-refractivity contribution in [2.24, 2.45) is 0 Å². The molecule has 1 amide bonds. The zero-order valence-electron chi connectivity index (χ0n) is 15.5. The highest BCUT2D eigenvalue weighted by atomic mass is 19.4. The van der Waals surface area contributed by atoms with Crippen LogP contribution in [-0.4, -0.2) is 40.7 Å². The molecule has 1 aliphatic rings. The van der Waals surface area contributed by atoms with E-state index in [9.17, 15) is 18.0 Å². The first-order valence-corrected chi connectivity index (χ1v) is 9.31. The first-order valence-electron chi connectivity index (χ1n) is 9.31. The number of rotatable bonds is 6. The number of aromatic nitrogens is 2. The van der Waals surface area contributed by atoms with Gasteiger partial charge in [0.15, 0.2) is 0 Å². The SMILES string of the molecule is CCCCOc1ccc(C(=O)N2CCC(c3nnc(C(F)(F)F)o3)CC2)cc1. The second kappa shape index (κ2) is 8.62. The fourth-order valence-electron chi connectivity index (χ4n) is 3.05. The maximum absolute atomic E-state index is 12.6. The van der Waals surface area contributed by atoms with Crippen molar-refractivity contribution in [3.05, 3.63) is 41.6 Å². The Morgan fingerprint density at radius 2 is 1.89 bits per heavy atom. The number of hydrogen-bond acceptors (Lipinski definition) is 5. The molecule has 1 fully saturated rings. The molecule has 0 bridgehead atoms. The summed E-state index contributed by atoms with van der Waals surface area (Å²) in [6.07, 6.45) is -1.67. The average molecular weight is 397 g/mol. The fraction of sp³-hybridized carbons (Fsp3) is 0.526. The molecule has 1 aromatic carbocycles. The Balaban J connectivity index is 1.54. The van der Waals surface area contributed by atoms with Crippen LogP contribution in [0.1, 0.15) is 60.7 Å². The van der Waals surface area contributed by atoms with E-state index in [0.29, 0.717) is 38.1 Å². The second-order valence-corrected chi connectivity index (χ2v) is 6.74. The Hall–Kier alpha value is -2.58. The molecule has 9 heteroatoms. The highest BCUT2D eigenvalue weighted by Gasteiger charge is 2.39. The average Bonchev–Trinajstić information content (AvgIpc) is 3.19. The summed E-state index contributed by atoms with van der Waals surface area (Å²) in [4.78, 5) is 14.3. The summed E-state index contributed by atoms with van der Waals surface area (Å²) < 4.78 is 48.1. The number of nitrogens with zero attached hydrogens (tertiary/aromatic N) is 3. The molecule has 1 aromatic heterocycles. The summed E-state index contributed by atoms with van der Waals surface area (Å²) in [5, 5.41) is 6.59. The molecule has 0 N–H and O–H groups in total. The van der Waals surface area contributed by atoms with Gasteiger partial charge in [-0.25, -0.2) is 0 Å². The standard InChI is InChI=1S/C19H22F3N3O3/c1-2-3-12-27-15-6-4-14(5-7-15)17(26)25-10-8-13(9-11-25)16-23-24-18(28-16)19(20,21)22/h4-7,13H,2-3,8-12H2,1H3. The van der Waals surface area contributed by atoms with Crippen molar-refractivity contribution in [2.45, 2.75) is 44.7 Å². The lowest BCUT2D eigenvalue weighted by atomic mass is 9.96. The van der Waals surface area contributed by atoms with Crippen LogP contribution >= 0.6 is 0 Å². The molecular formula is C19H22F3N3O3. The number of piperidine rings is 1. The van der Waals surface area contributed by atoms with Crippen LogP contribution in [0, 0.1) is 0 Å². The number of likely N-dealkylation sites (tertiary alicyclic amines) is 1. The van der Waals surface area contributed by atoms with Gasteiger partial charge in [0.1, 0.15) is 5.75 Å². The van der Waals surface area contributed by atoms with Gasteiger partial charge in [-0.05, 0) is 43.5 Å². The topological polar surface area (TPSA) is 68.5 Å². The highest BCUT2D eigenvalue weighted by molar-refractivity contribution is 5.94. The zero-order valence-corrected chi connectivity index (χ0v) is 15.5. The smallest absolute Gasteiger partial charge is 0.470 e. The van der Waals surface area contributed by atoms with Gasteiger partial charge in [-0.1, -0.05) is 13.3 Å². The minimum atomic E-state index is -4.64. The number of carbonyl (C=O) groups is 1. The second-order valence-electron chi connectivity index (χ2n) is 6.74. The molecule has 3 rings (SSSR count). The summed E-state index contributed by atoms with van der Waals surface area (Å²) in [6.45, 7) is 3.56. The van der Waals surface area contributed by atoms with Gasteiger partial charge in [-0.15, -0.1) is 10.2 Å². The summed E-state index contributed by atoms with van der Waals surface area (Å²) >= 11 is 0. The number of carbonyl (C=O) groups excluding carboxylic acids is 1. The Labute approximate surface area is 160 Å². The molecule has 28 heavy (non-hydrogen) atoms. The number of alkyl halides is 3. The van der Waals surface area contributed by atoms with E-state index in [0.717, 1.165) is 18.6 Å². The molecule has 2 heterocycles. The van der Waals surface area contributed by atoms with E-state index in [1.807, 2.05) is 0 Å². The van der Waals surface area contributed by atoms with Gasteiger partial charge in [-0.3, -0.25) is 4.79 Å². The molecule has 0 spiro atoms. The minimum Gasteiger partial charge on any atom is -0.494 e. The Morgan fingerprint density at radius 1 is 1.21 bits per heavy atom. The van der Waals surface area contributed by atoms with Crippen LogP contribution in [-0.2, 0) is 6.18 Å². The number of halogens is 3. The van der Waals surface area contributed by atoms with E-state index in [1.54, 1.807) is 29.2 Å². The molecule has 152 valence electrons. The highest BCUT2D eigenvalue weighted by Crippen LogP contribution is 2.32. The van der Waals surface area contributed by atoms with Crippen molar-refractivity contribution in [1.29, 1.82) is 0 Å². The van der Waals surface area contributed by atoms with Crippen molar-refractivity contribution in [2.75, 3.05) is 19.7 Å². The fourth-order valence-corrected chi connectivity index (χ4v) is 3.05. The Morgan fingerprint density at radius 3 is 2.46 bits per heavy atom. The van der Waals surface area contributed by atoms with Gasteiger partial charge in [0.05, 0.1) is 6.61 Å². The Kier molecular flexibility index (Phi) is 6.21. The third-order valence-electron chi connectivity index (χ3n) is 4.68. The summed E-state index contributed by atoms with van der Waals surface area (Å²) in [7, 11) is 0. The number of benzene rings is 1. The maximum Gasteiger partial charge on any atom is 0.470 e. The predicted molar refractivity (Wildman–Crippen MR) is 94.0 cm³/mol. The third kappa shape index (κ3) is 4.82. The number of unbranched alkanes of at least 4 members (excludes halogenated alkanes) is 1. The molecule has 1 aliphatic heterocycles. The third-order valence-corrected chi connectivity index (χ3v) is 4.68. The van der Waals surface area contributed by atoms with E-state index in [4.69, 9.17) is 9.15 Å². The van der Waals surface area contributed by atoms with Crippen LogP contribution in [0.15, 0.2) is 28.7 Å². The van der Waals surface area contributed by atoms with Crippen LogP contribution in [0.5, 0.6) is 5.75 Å². The first kappa shape index (κ1) is 20.2. The monoisotopic (exact) mass is 397 g/mol. The van der Waals surface area contributed by atoms with Crippen LogP contribution in [0.2, 0.25) is 0 Å². The van der Waals surface area contributed by atoms with E-state index >= 15 is 0 Å². The Bertz CT molecular complexity index is 782. The number of hydrogen-bond donors (Lipinski definition) is 0. The van der Waals surface area contributed by atoms with Gasteiger partial charge < -0.3 is 14.1 Å². The first-order chi connectivity index (χ1) is 13.4. The quantitative estimate of drug-likeness (QED) is 0.681. The molecule has 0 unspecified atom stereocenters.